The van der Waals surface area contributed by atoms with E-state index in [0.29, 0.717) is 38.3 Å². The van der Waals surface area contributed by atoms with Crippen LogP contribution in [0.15, 0.2) is 0 Å². The molecule has 30 heavy (non-hydrogen) atoms. The summed E-state index contributed by atoms with van der Waals surface area (Å²) in [7, 11) is 0. The van der Waals surface area contributed by atoms with E-state index in [4.69, 9.17) is 20.1 Å². The summed E-state index contributed by atoms with van der Waals surface area (Å²) in [6, 6.07) is 0.722. The summed E-state index contributed by atoms with van der Waals surface area (Å²) in [4.78, 5) is 13.3. The van der Waals surface area contributed by atoms with Gasteiger partial charge >= 0.3 is 6.09 Å². The first-order chi connectivity index (χ1) is 14.3. The summed E-state index contributed by atoms with van der Waals surface area (Å²) in [5.74, 6) is 2.26. The van der Waals surface area contributed by atoms with Gasteiger partial charge in [0.2, 0.25) is 0 Å². The van der Waals surface area contributed by atoms with E-state index < -0.39 is 5.60 Å². The van der Waals surface area contributed by atoms with Crippen molar-refractivity contribution in [2.75, 3.05) is 64.1 Å². The number of carbonyl (C=O) groups is 1. The molecule has 3 fully saturated rings. The summed E-state index contributed by atoms with van der Waals surface area (Å²) in [5.41, 5.74) is -0.462. The van der Waals surface area contributed by atoms with E-state index >= 15 is 0 Å². The Morgan fingerprint density at radius 2 is 1.63 bits per heavy atom. The molecule has 3 aliphatic rings. The minimum Gasteiger partial charge on any atom is -0.444 e. The molecule has 0 aromatic rings. The fourth-order valence-corrected chi connectivity index (χ4v) is 4.03. The van der Waals surface area contributed by atoms with Crippen LogP contribution >= 0.6 is 11.8 Å². The Hall–Kier alpha value is -0.620. The molecule has 0 aliphatic carbocycles. The number of nitrogens with one attached hydrogen (secondary N) is 3. The van der Waals surface area contributed by atoms with E-state index in [0.717, 1.165) is 25.3 Å². The normalized spacial score (nSPS) is 26.7. The van der Waals surface area contributed by atoms with Crippen molar-refractivity contribution in [3.63, 3.8) is 0 Å². The van der Waals surface area contributed by atoms with Crippen molar-refractivity contribution in [2.45, 2.75) is 57.3 Å². The van der Waals surface area contributed by atoms with Crippen LogP contribution < -0.4 is 16.0 Å². The van der Waals surface area contributed by atoms with Gasteiger partial charge in [0.1, 0.15) is 5.60 Å². The first-order valence-electron chi connectivity index (χ1n) is 10.9. The van der Waals surface area contributed by atoms with Gasteiger partial charge in [-0.25, -0.2) is 4.79 Å². The van der Waals surface area contributed by atoms with Crippen molar-refractivity contribution in [3.05, 3.63) is 0 Å². The van der Waals surface area contributed by atoms with Crippen LogP contribution in [0.4, 0.5) is 4.79 Å². The third kappa shape index (κ3) is 12.3. The number of rotatable bonds is 3. The number of thioether (sulfide) groups is 1. The second-order valence-corrected chi connectivity index (χ2v) is 9.79. The van der Waals surface area contributed by atoms with E-state index in [2.05, 4.69) is 16.0 Å². The molecule has 0 aromatic heterocycles. The van der Waals surface area contributed by atoms with Crippen LogP contribution in [0.1, 0.15) is 33.6 Å². The summed E-state index contributed by atoms with van der Waals surface area (Å²) >= 11 is 1.91. The molecule has 3 rings (SSSR count). The van der Waals surface area contributed by atoms with Crippen molar-refractivity contribution in [2.24, 2.45) is 0 Å². The zero-order valence-corrected chi connectivity index (χ0v) is 19.5. The fraction of sp³-hybridized carbons (Fsp3) is 0.950. The van der Waals surface area contributed by atoms with Crippen LogP contribution in [-0.4, -0.2) is 114 Å². The maximum Gasteiger partial charge on any atom is 0.410 e. The van der Waals surface area contributed by atoms with Crippen molar-refractivity contribution < 1.29 is 24.9 Å². The highest BCUT2D eigenvalue weighted by Crippen LogP contribution is 2.11. The van der Waals surface area contributed by atoms with Crippen LogP contribution in [-0.2, 0) is 4.74 Å². The second-order valence-electron chi connectivity index (χ2n) is 8.64. The molecule has 1 amide bonds. The van der Waals surface area contributed by atoms with Gasteiger partial charge in [-0.2, -0.15) is 11.8 Å². The molecule has 6 N–H and O–H groups in total. The number of hydrogen-bond acceptors (Lipinski definition) is 9. The number of nitrogens with zero attached hydrogens (tertiary/aromatic N) is 1. The number of piperazine rings is 1. The summed E-state index contributed by atoms with van der Waals surface area (Å²) in [6.07, 6.45) is 2.07. The predicted octanol–water partition coefficient (Wildman–Crippen LogP) is -0.398. The highest BCUT2D eigenvalue weighted by molar-refractivity contribution is 7.99. The van der Waals surface area contributed by atoms with Crippen LogP contribution in [0.25, 0.3) is 0 Å². The third-order valence-electron chi connectivity index (χ3n) is 4.73. The van der Waals surface area contributed by atoms with Gasteiger partial charge in [-0.05, 0) is 40.2 Å². The first-order valence-corrected chi connectivity index (χ1v) is 12.0. The Balaban J connectivity index is 0.000000250. The fourth-order valence-electron chi connectivity index (χ4n) is 3.09. The molecule has 178 valence electrons. The quantitative estimate of drug-likeness (QED) is 0.341. The van der Waals surface area contributed by atoms with Gasteiger partial charge in [0.15, 0.2) is 0 Å². The summed E-state index contributed by atoms with van der Waals surface area (Å²) in [5, 5.41) is 35.6. The monoisotopic (exact) mass is 450 g/mol. The zero-order valence-electron chi connectivity index (χ0n) is 18.7. The minimum atomic E-state index is -0.462. The van der Waals surface area contributed by atoms with E-state index in [9.17, 15) is 4.79 Å². The van der Waals surface area contributed by atoms with Crippen molar-refractivity contribution in [3.8, 4) is 0 Å². The summed E-state index contributed by atoms with van der Waals surface area (Å²) in [6.45, 7) is 10.1. The lowest BCUT2D eigenvalue weighted by atomic mass is 10.2. The molecule has 10 heteroatoms. The molecule has 0 bridgehead atoms. The molecule has 0 aromatic carbocycles. The van der Waals surface area contributed by atoms with Crippen LogP contribution in [0.3, 0.4) is 0 Å². The molecule has 9 nitrogen and oxygen atoms in total. The SMILES string of the molecule is CC(C)(C)OC(=O)N1CCNC(CO)C1.OCC1CCCN1.OCC1CSCCN1. The zero-order chi connectivity index (χ0) is 22.4. The molecule has 3 atom stereocenters. The Morgan fingerprint density at radius 1 is 1.00 bits per heavy atom. The molecule has 3 unspecified atom stereocenters. The average Bonchev–Trinajstić information content (AvgIpc) is 3.28. The molecule has 3 aliphatic heterocycles. The smallest absolute Gasteiger partial charge is 0.410 e. The Morgan fingerprint density at radius 3 is 2.07 bits per heavy atom. The molecular formula is C20H42N4O5S. The first kappa shape index (κ1) is 27.4. The molecule has 3 heterocycles. The van der Waals surface area contributed by atoms with Crippen molar-refractivity contribution in [1.29, 1.82) is 0 Å². The van der Waals surface area contributed by atoms with Crippen LogP contribution in [0.5, 0.6) is 0 Å². The number of amides is 1. The Kier molecular flexibility index (Phi) is 13.9. The molecular weight excluding hydrogens is 408 g/mol. The summed E-state index contributed by atoms with van der Waals surface area (Å²) < 4.78 is 5.25. The van der Waals surface area contributed by atoms with Gasteiger partial charge in [-0.1, -0.05) is 0 Å². The van der Waals surface area contributed by atoms with Gasteiger partial charge < -0.3 is 40.9 Å². The number of aliphatic hydroxyl groups is 3. The molecule has 0 spiro atoms. The van der Waals surface area contributed by atoms with Gasteiger partial charge in [-0.15, -0.1) is 0 Å². The average molecular weight is 451 g/mol. The van der Waals surface area contributed by atoms with Gasteiger partial charge in [0.25, 0.3) is 0 Å². The minimum absolute atomic E-state index is 0.0359. The van der Waals surface area contributed by atoms with Gasteiger partial charge in [0.05, 0.1) is 19.8 Å². The largest absolute Gasteiger partial charge is 0.444 e. The van der Waals surface area contributed by atoms with Gasteiger partial charge in [0, 0.05) is 55.8 Å². The Bertz CT molecular complexity index is 455. The lowest BCUT2D eigenvalue weighted by Gasteiger charge is -2.34. The lowest BCUT2D eigenvalue weighted by Crippen LogP contribution is -2.54. The molecule has 0 saturated carbocycles. The van der Waals surface area contributed by atoms with E-state index in [1.807, 2.05) is 32.5 Å². The maximum absolute atomic E-state index is 11.7. The van der Waals surface area contributed by atoms with Crippen LogP contribution in [0, 0.1) is 0 Å². The number of carbonyl (C=O) groups excluding carboxylic acids is 1. The van der Waals surface area contributed by atoms with E-state index in [1.165, 1.54) is 12.2 Å². The number of aliphatic hydroxyl groups excluding tert-OH is 3. The Labute approximate surface area is 185 Å². The molecule has 3 saturated heterocycles. The van der Waals surface area contributed by atoms with E-state index in [1.54, 1.807) is 4.90 Å². The highest BCUT2D eigenvalue weighted by Gasteiger charge is 2.26. The predicted molar refractivity (Wildman–Crippen MR) is 121 cm³/mol. The highest BCUT2D eigenvalue weighted by atomic mass is 32.2. The lowest BCUT2D eigenvalue weighted by molar-refractivity contribution is 0.0173. The van der Waals surface area contributed by atoms with E-state index in [-0.39, 0.29) is 25.3 Å². The van der Waals surface area contributed by atoms with Gasteiger partial charge in [-0.3, -0.25) is 0 Å². The standard InChI is InChI=1S/C10H20N2O3.C5H11NOS.C5H11NO/c1-10(2,3)15-9(14)12-5-4-11-8(6-12)7-13;7-3-5-4-8-2-1-6-5;7-4-5-2-1-3-6-5/h8,11,13H,4-7H2,1-3H3;5-7H,1-4H2;5-7H,1-4H2. The third-order valence-corrected chi connectivity index (χ3v) is 5.86. The van der Waals surface area contributed by atoms with Crippen LogP contribution in [0.2, 0.25) is 0 Å². The topological polar surface area (TPSA) is 126 Å². The van der Waals surface area contributed by atoms with Crippen molar-refractivity contribution in [1.82, 2.24) is 20.9 Å². The number of hydrogen-bond donors (Lipinski definition) is 6. The molecule has 0 radical (unpaired) electrons. The second kappa shape index (κ2) is 15.2. The van der Waals surface area contributed by atoms with Crippen molar-refractivity contribution >= 4 is 17.9 Å². The number of ether oxygens (including phenoxy) is 1. The maximum atomic E-state index is 11.7.